The molecule has 1 heteroatoms. The van der Waals surface area contributed by atoms with E-state index in [0.717, 1.165) is 0 Å². The van der Waals surface area contributed by atoms with Crippen molar-refractivity contribution in [2.75, 3.05) is 12.0 Å². The zero-order valence-electron chi connectivity index (χ0n) is 6.39. The summed E-state index contributed by atoms with van der Waals surface area (Å²) in [4.78, 5) is 0. The highest BCUT2D eigenvalue weighted by Gasteiger charge is 1.76. The lowest BCUT2D eigenvalue weighted by Gasteiger charge is -1.87. The Hall–Kier alpha value is 0.0900. The Kier molecular flexibility index (Phi) is 8.17. The summed E-state index contributed by atoms with van der Waals surface area (Å²) < 4.78 is 0. The van der Waals surface area contributed by atoms with Crippen LogP contribution < -0.4 is 0 Å². The standard InChI is InChI=1S/C8H16S/c1-3-4-5-6-7-8-9-2/h6-7H,3-5,8H2,1-2H3/b7-6+. The molecule has 54 valence electrons. The molecule has 0 saturated carbocycles. The number of hydrogen-bond acceptors (Lipinski definition) is 1. The molecule has 0 radical (unpaired) electrons. The first-order valence-electron chi connectivity index (χ1n) is 3.55. The molecule has 0 rings (SSSR count). The molecular weight excluding hydrogens is 128 g/mol. The van der Waals surface area contributed by atoms with Crippen molar-refractivity contribution in [3.63, 3.8) is 0 Å². The molecule has 0 bridgehead atoms. The van der Waals surface area contributed by atoms with Crippen LogP contribution in [0.1, 0.15) is 26.2 Å². The first-order valence-corrected chi connectivity index (χ1v) is 4.95. The molecule has 0 aromatic carbocycles. The van der Waals surface area contributed by atoms with Gasteiger partial charge in [0, 0.05) is 5.75 Å². The van der Waals surface area contributed by atoms with E-state index in [1.165, 1.54) is 25.0 Å². The third kappa shape index (κ3) is 8.09. The lowest BCUT2D eigenvalue weighted by molar-refractivity contribution is 0.814. The van der Waals surface area contributed by atoms with E-state index in [9.17, 15) is 0 Å². The van der Waals surface area contributed by atoms with E-state index in [1.807, 2.05) is 11.8 Å². The summed E-state index contributed by atoms with van der Waals surface area (Å²) in [6, 6.07) is 0. The van der Waals surface area contributed by atoms with E-state index in [2.05, 4.69) is 25.3 Å². The second kappa shape index (κ2) is 8.09. The third-order valence-electron chi connectivity index (χ3n) is 1.15. The maximum Gasteiger partial charge on any atom is 0.0110 e. The predicted molar refractivity (Wildman–Crippen MR) is 47.0 cm³/mol. The van der Waals surface area contributed by atoms with Crippen LogP contribution in [-0.4, -0.2) is 12.0 Å². The fourth-order valence-electron chi connectivity index (χ4n) is 0.604. The number of rotatable bonds is 5. The van der Waals surface area contributed by atoms with Gasteiger partial charge in [0.15, 0.2) is 0 Å². The average molecular weight is 144 g/mol. The van der Waals surface area contributed by atoms with Crippen LogP contribution in [0.2, 0.25) is 0 Å². The van der Waals surface area contributed by atoms with Crippen LogP contribution >= 0.6 is 11.8 Å². The largest absolute Gasteiger partial charge is 0.161 e. The van der Waals surface area contributed by atoms with E-state index in [-0.39, 0.29) is 0 Å². The van der Waals surface area contributed by atoms with Gasteiger partial charge in [-0.2, -0.15) is 11.8 Å². The van der Waals surface area contributed by atoms with E-state index in [0.29, 0.717) is 0 Å². The number of thioether (sulfide) groups is 1. The molecule has 0 spiro atoms. The number of allylic oxidation sites excluding steroid dienone is 1. The molecular formula is C8H16S. The van der Waals surface area contributed by atoms with Gasteiger partial charge in [0.2, 0.25) is 0 Å². The highest BCUT2D eigenvalue weighted by atomic mass is 32.2. The van der Waals surface area contributed by atoms with Crippen molar-refractivity contribution < 1.29 is 0 Å². The van der Waals surface area contributed by atoms with Gasteiger partial charge in [0.1, 0.15) is 0 Å². The Labute approximate surface area is 62.7 Å². The molecule has 0 aliphatic heterocycles. The van der Waals surface area contributed by atoms with E-state index in [1.54, 1.807) is 0 Å². The number of unbranched alkanes of at least 4 members (excludes halogenated alkanes) is 2. The summed E-state index contributed by atoms with van der Waals surface area (Å²) in [5.74, 6) is 1.17. The van der Waals surface area contributed by atoms with Crippen LogP contribution in [-0.2, 0) is 0 Å². The van der Waals surface area contributed by atoms with Gasteiger partial charge < -0.3 is 0 Å². The van der Waals surface area contributed by atoms with Crippen LogP contribution in [0.25, 0.3) is 0 Å². The summed E-state index contributed by atoms with van der Waals surface area (Å²) >= 11 is 1.87. The Balaban J connectivity index is 2.86. The van der Waals surface area contributed by atoms with Crippen molar-refractivity contribution in [1.29, 1.82) is 0 Å². The Morgan fingerprint density at radius 2 is 2.11 bits per heavy atom. The van der Waals surface area contributed by atoms with Gasteiger partial charge in [0.25, 0.3) is 0 Å². The quantitative estimate of drug-likeness (QED) is 0.422. The van der Waals surface area contributed by atoms with E-state index >= 15 is 0 Å². The number of hydrogen-bond donors (Lipinski definition) is 0. The van der Waals surface area contributed by atoms with Gasteiger partial charge in [-0.15, -0.1) is 0 Å². The summed E-state index contributed by atoms with van der Waals surface area (Å²) in [7, 11) is 0. The van der Waals surface area contributed by atoms with Gasteiger partial charge in [-0.1, -0.05) is 31.9 Å². The molecule has 0 aliphatic rings. The summed E-state index contributed by atoms with van der Waals surface area (Å²) in [5, 5.41) is 0. The van der Waals surface area contributed by atoms with Crippen LogP contribution in [0.5, 0.6) is 0 Å². The maximum absolute atomic E-state index is 2.28. The minimum absolute atomic E-state index is 1.17. The SMILES string of the molecule is CCCC/C=C/CSC. The lowest BCUT2D eigenvalue weighted by atomic mass is 10.2. The van der Waals surface area contributed by atoms with Crippen LogP contribution in [0, 0.1) is 0 Å². The Bertz CT molecular complexity index is 67.0. The van der Waals surface area contributed by atoms with Crippen molar-refractivity contribution in [1.82, 2.24) is 0 Å². The highest BCUT2D eigenvalue weighted by Crippen LogP contribution is 1.97. The zero-order valence-corrected chi connectivity index (χ0v) is 7.21. The molecule has 0 aliphatic carbocycles. The summed E-state index contributed by atoms with van der Waals surface area (Å²) in [6.07, 6.45) is 10.6. The van der Waals surface area contributed by atoms with Crippen molar-refractivity contribution >= 4 is 11.8 Å². The molecule has 0 amide bonds. The van der Waals surface area contributed by atoms with E-state index < -0.39 is 0 Å². The van der Waals surface area contributed by atoms with Crippen LogP contribution in [0.15, 0.2) is 12.2 Å². The topological polar surface area (TPSA) is 0 Å². The fourth-order valence-corrected chi connectivity index (χ4v) is 0.933. The van der Waals surface area contributed by atoms with Crippen molar-refractivity contribution in [2.45, 2.75) is 26.2 Å². The molecule has 9 heavy (non-hydrogen) atoms. The first-order chi connectivity index (χ1) is 4.41. The van der Waals surface area contributed by atoms with Crippen LogP contribution in [0.4, 0.5) is 0 Å². The molecule has 0 atom stereocenters. The van der Waals surface area contributed by atoms with Gasteiger partial charge in [-0.25, -0.2) is 0 Å². The molecule has 0 N–H and O–H groups in total. The van der Waals surface area contributed by atoms with Gasteiger partial charge in [-0.3, -0.25) is 0 Å². The monoisotopic (exact) mass is 144 g/mol. The van der Waals surface area contributed by atoms with Crippen molar-refractivity contribution in [2.24, 2.45) is 0 Å². The predicted octanol–water partition coefficient (Wildman–Crippen LogP) is 3.10. The van der Waals surface area contributed by atoms with Crippen molar-refractivity contribution in [3.8, 4) is 0 Å². The molecule has 0 heterocycles. The normalized spacial score (nSPS) is 10.9. The second-order valence-electron chi connectivity index (χ2n) is 2.07. The minimum Gasteiger partial charge on any atom is -0.161 e. The Morgan fingerprint density at radius 1 is 1.33 bits per heavy atom. The molecule has 0 saturated heterocycles. The van der Waals surface area contributed by atoms with E-state index in [4.69, 9.17) is 0 Å². The second-order valence-corrected chi connectivity index (χ2v) is 2.98. The zero-order chi connectivity index (χ0) is 6.95. The molecule has 0 aromatic heterocycles. The van der Waals surface area contributed by atoms with Gasteiger partial charge in [-0.05, 0) is 12.7 Å². The molecule has 0 unspecified atom stereocenters. The van der Waals surface area contributed by atoms with Gasteiger partial charge >= 0.3 is 0 Å². The molecule has 0 aromatic rings. The maximum atomic E-state index is 2.28. The smallest absolute Gasteiger partial charge is 0.0110 e. The highest BCUT2D eigenvalue weighted by molar-refractivity contribution is 7.98. The van der Waals surface area contributed by atoms with Crippen molar-refractivity contribution in [3.05, 3.63) is 12.2 Å². The minimum atomic E-state index is 1.17. The first kappa shape index (κ1) is 9.09. The Morgan fingerprint density at radius 3 is 2.67 bits per heavy atom. The van der Waals surface area contributed by atoms with Gasteiger partial charge in [0.05, 0.1) is 0 Å². The molecule has 0 nitrogen and oxygen atoms in total. The fraction of sp³-hybridized carbons (Fsp3) is 0.750. The average Bonchev–Trinajstić information content (AvgIpc) is 1.89. The van der Waals surface area contributed by atoms with Crippen LogP contribution in [0.3, 0.4) is 0 Å². The summed E-state index contributed by atoms with van der Waals surface area (Å²) in [5.41, 5.74) is 0. The lowest BCUT2D eigenvalue weighted by Crippen LogP contribution is -1.69. The molecule has 0 fully saturated rings. The summed E-state index contributed by atoms with van der Waals surface area (Å²) in [6.45, 7) is 2.22. The third-order valence-corrected chi connectivity index (χ3v) is 1.68.